The van der Waals surface area contributed by atoms with E-state index in [0.717, 1.165) is 12.0 Å². The van der Waals surface area contributed by atoms with Crippen molar-refractivity contribution >= 4 is 0 Å². The molecule has 0 aromatic heterocycles. The molecule has 0 radical (unpaired) electrons. The molecule has 1 nitrogen and oxygen atoms in total. The zero-order valence-corrected chi connectivity index (χ0v) is 6.44. The minimum absolute atomic E-state index is 1.10. The lowest BCUT2D eigenvalue weighted by atomic mass is 10.1. The molecule has 9 heavy (non-hydrogen) atoms. The highest BCUT2D eigenvalue weighted by Gasteiger charge is 1.82. The minimum atomic E-state index is 1.10. The van der Waals surface area contributed by atoms with Crippen molar-refractivity contribution in [1.82, 2.24) is 0 Å². The van der Waals surface area contributed by atoms with E-state index in [0.29, 0.717) is 0 Å². The fourth-order valence-electron chi connectivity index (χ4n) is 0.539. The van der Waals surface area contributed by atoms with Gasteiger partial charge in [0, 0.05) is 0 Å². The zero-order valence-electron chi connectivity index (χ0n) is 6.44. The van der Waals surface area contributed by atoms with Gasteiger partial charge in [0.15, 0.2) is 0 Å². The van der Waals surface area contributed by atoms with Gasteiger partial charge in [-0.2, -0.15) is 0 Å². The van der Waals surface area contributed by atoms with Crippen LogP contribution in [0.25, 0.3) is 0 Å². The van der Waals surface area contributed by atoms with E-state index < -0.39 is 0 Å². The minimum Gasteiger partial charge on any atom is -0.404 e. The first kappa shape index (κ1) is 8.28. The van der Waals surface area contributed by atoms with Crippen LogP contribution in [0.1, 0.15) is 27.2 Å². The van der Waals surface area contributed by atoms with Crippen molar-refractivity contribution in [2.45, 2.75) is 27.2 Å². The Morgan fingerprint density at radius 2 is 2.00 bits per heavy atom. The van der Waals surface area contributed by atoms with Crippen LogP contribution in [0.5, 0.6) is 0 Å². The molecule has 2 N–H and O–H groups in total. The summed E-state index contributed by atoms with van der Waals surface area (Å²) in [6.45, 7) is 6.24. The summed E-state index contributed by atoms with van der Waals surface area (Å²) in [5.74, 6) is 0. The monoisotopic (exact) mass is 125 g/mol. The lowest BCUT2D eigenvalue weighted by Gasteiger charge is -1.93. The number of hydrogen-bond donors (Lipinski definition) is 1. The molecule has 0 heterocycles. The second kappa shape index (κ2) is 4.19. The van der Waals surface area contributed by atoms with Crippen molar-refractivity contribution in [3.8, 4) is 0 Å². The predicted octanol–water partition coefficient (Wildman–Crippen LogP) is 2.21. The molecule has 0 saturated carbocycles. The van der Waals surface area contributed by atoms with Crippen LogP contribution in [-0.4, -0.2) is 0 Å². The van der Waals surface area contributed by atoms with Crippen LogP contribution in [0.15, 0.2) is 23.4 Å². The predicted molar refractivity (Wildman–Crippen MR) is 42.0 cm³/mol. The summed E-state index contributed by atoms with van der Waals surface area (Å²) in [6, 6.07) is 0. The third kappa shape index (κ3) is 3.83. The van der Waals surface area contributed by atoms with E-state index in [2.05, 4.69) is 19.9 Å². The Kier molecular flexibility index (Phi) is 3.85. The molecule has 0 atom stereocenters. The van der Waals surface area contributed by atoms with Gasteiger partial charge in [0.25, 0.3) is 0 Å². The first-order chi connectivity index (χ1) is 4.20. The summed E-state index contributed by atoms with van der Waals surface area (Å²) in [7, 11) is 0. The quantitative estimate of drug-likeness (QED) is 0.562. The first-order valence-electron chi connectivity index (χ1n) is 3.26. The number of allylic oxidation sites excluding steroid dienone is 3. The molecule has 0 aliphatic carbocycles. The van der Waals surface area contributed by atoms with Crippen LogP contribution in [-0.2, 0) is 0 Å². The Balaban J connectivity index is 3.95. The molecule has 0 unspecified atom stereocenters. The molecule has 52 valence electrons. The maximum Gasteiger partial charge on any atom is -0.00326 e. The third-order valence-electron chi connectivity index (χ3n) is 1.29. The Morgan fingerprint density at radius 3 is 2.33 bits per heavy atom. The summed E-state index contributed by atoms with van der Waals surface area (Å²) in [4.78, 5) is 0. The molecule has 1 heteroatoms. The number of rotatable bonds is 2. The molecule has 0 spiro atoms. The van der Waals surface area contributed by atoms with Crippen molar-refractivity contribution in [1.29, 1.82) is 0 Å². The van der Waals surface area contributed by atoms with Crippen LogP contribution in [0.2, 0.25) is 0 Å². The molecule has 0 fully saturated rings. The van der Waals surface area contributed by atoms with Crippen LogP contribution < -0.4 is 5.73 Å². The molecule has 0 amide bonds. The topological polar surface area (TPSA) is 26.0 Å². The smallest absolute Gasteiger partial charge is 0.00326 e. The van der Waals surface area contributed by atoms with Gasteiger partial charge in [0.05, 0.1) is 0 Å². The van der Waals surface area contributed by atoms with Crippen LogP contribution in [0, 0.1) is 0 Å². The van der Waals surface area contributed by atoms with Crippen LogP contribution >= 0.6 is 0 Å². The fourth-order valence-corrected chi connectivity index (χ4v) is 0.539. The first-order valence-corrected chi connectivity index (χ1v) is 3.26. The molecule has 0 aromatic rings. The van der Waals surface area contributed by atoms with E-state index in [1.807, 2.05) is 6.92 Å². The SMILES string of the molecule is CC/C(C)=C\C(C)=C/N. The van der Waals surface area contributed by atoms with Gasteiger partial charge in [0.1, 0.15) is 0 Å². The molecule has 0 aliphatic heterocycles. The normalized spacial score (nSPS) is 14.1. The highest BCUT2D eigenvalue weighted by molar-refractivity contribution is 5.19. The molecule has 0 aliphatic rings. The van der Waals surface area contributed by atoms with Gasteiger partial charge in [-0.1, -0.05) is 18.6 Å². The fraction of sp³-hybridized carbons (Fsp3) is 0.500. The number of nitrogens with two attached hydrogens (primary N) is 1. The Morgan fingerprint density at radius 1 is 1.44 bits per heavy atom. The van der Waals surface area contributed by atoms with E-state index in [1.54, 1.807) is 6.20 Å². The van der Waals surface area contributed by atoms with Crippen molar-refractivity contribution < 1.29 is 0 Å². The maximum absolute atomic E-state index is 5.27. The molecule has 0 bridgehead atoms. The van der Waals surface area contributed by atoms with Crippen molar-refractivity contribution in [2.24, 2.45) is 5.73 Å². The zero-order chi connectivity index (χ0) is 7.28. The van der Waals surface area contributed by atoms with E-state index in [9.17, 15) is 0 Å². The number of hydrogen-bond acceptors (Lipinski definition) is 1. The standard InChI is InChI=1S/C8H15N/c1-4-7(2)5-8(3)6-9/h5-6H,4,9H2,1-3H3/b7-5-,8-6-. The molecular formula is C8H15N. The molecule has 0 saturated heterocycles. The second-order valence-corrected chi connectivity index (χ2v) is 2.25. The third-order valence-corrected chi connectivity index (χ3v) is 1.29. The molecule has 0 aromatic carbocycles. The summed E-state index contributed by atoms with van der Waals surface area (Å²) in [5.41, 5.74) is 7.77. The van der Waals surface area contributed by atoms with Crippen molar-refractivity contribution in [2.75, 3.05) is 0 Å². The van der Waals surface area contributed by atoms with Gasteiger partial charge in [-0.05, 0) is 32.0 Å². The van der Waals surface area contributed by atoms with E-state index in [4.69, 9.17) is 5.73 Å². The average Bonchev–Trinajstić information content (AvgIpc) is 1.87. The maximum atomic E-state index is 5.27. The van der Waals surface area contributed by atoms with E-state index >= 15 is 0 Å². The van der Waals surface area contributed by atoms with Crippen LogP contribution in [0.4, 0.5) is 0 Å². The highest BCUT2D eigenvalue weighted by Crippen LogP contribution is 2.02. The average molecular weight is 125 g/mol. The van der Waals surface area contributed by atoms with Gasteiger partial charge in [-0.3, -0.25) is 0 Å². The molecular weight excluding hydrogens is 110 g/mol. The summed E-state index contributed by atoms with van der Waals surface area (Å²) in [5, 5.41) is 0. The van der Waals surface area contributed by atoms with Crippen molar-refractivity contribution in [3.05, 3.63) is 23.4 Å². The molecule has 0 rings (SSSR count). The largest absolute Gasteiger partial charge is 0.404 e. The summed E-state index contributed by atoms with van der Waals surface area (Å²) >= 11 is 0. The second-order valence-electron chi connectivity index (χ2n) is 2.25. The Labute approximate surface area is 57.3 Å². The highest BCUT2D eigenvalue weighted by atomic mass is 14.5. The summed E-state index contributed by atoms with van der Waals surface area (Å²) in [6.07, 6.45) is 4.82. The van der Waals surface area contributed by atoms with Gasteiger partial charge < -0.3 is 5.73 Å². The summed E-state index contributed by atoms with van der Waals surface area (Å²) < 4.78 is 0. The van der Waals surface area contributed by atoms with E-state index in [-0.39, 0.29) is 0 Å². The van der Waals surface area contributed by atoms with Gasteiger partial charge in [0.2, 0.25) is 0 Å². The van der Waals surface area contributed by atoms with Gasteiger partial charge >= 0.3 is 0 Å². The Bertz CT molecular complexity index is 132. The van der Waals surface area contributed by atoms with Crippen molar-refractivity contribution in [3.63, 3.8) is 0 Å². The lowest BCUT2D eigenvalue weighted by molar-refractivity contribution is 1.09. The van der Waals surface area contributed by atoms with Gasteiger partial charge in [-0.15, -0.1) is 0 Å². The Hall–Kier alpha value is -0.720. The van der Waals surface area contributed by atoms with E-state index in [1.165, 1.54) is 5.57 Å². The van der Waals surface area contributed by atoms with Crippen LogP contribution in [0.3, 0.4) is 0 Å². The van der Waals surface area contributed by atoms with Gasteiger partial charge in [-0.25, -0.2) is 0 Å². The lowest BCUT2D eigenvalue weighted by Crippen LogP contribution is -1.81.